The number of nitrogen functional groups attached to an aromatic ring is 1. The summed E-state index contributed by atoms with van der Waals surface area (Å²) in [7, 11) is 1.85. The van der Waals surface area contributed by atoms with Gasteiger partial charge >= 0.3 is 0 Å². The summed E-state index contributed by atoms with van der Waals surface area (Å²) in [5, 5.41) is 5.27. The molecule has 0 saturated heterocycles. The Morgan fingerprint density at radius 1 is 1.26 bits per heavy atom. The van der Waals surface area contributed by atoms with Gasteiger partial charge in [-0.2, -0.15) is 5.10 Å². The minimum absolute atomic E-state index is 0.465. The third-order valence-electron chi connectivity index (χ3n) is 2.95. The van der Waals surface area contributed by atoms with Crippen molar-refractivity contribution < 1.29 is 0 Å². The van der Waals surface area contributed by atoms with Gasteiger partial charge in [-0.3, -0.25) is 9.08 Å². The van der Waals surface area contributed by atoms with Crippen molar-refractivity contribution in [3.05, 3.63) is 34.2 Å². The van der Waals surface area contributed by atoms with Crippen LogP contribution in [-0.2, 0) is 7.05 Å². The number of aromatic nitrogens is 4. The molecule has 0 radical (unpaired) electrons. The van der Waals surface area contributed by atoms with Crippen LogP contribution in [0.2, 0.25) is 10.0 Å². The number of nitrogens with two attached hydrogens (primary N) is 1. The maximum atomic E-state index is 6.14. The molecular formula is C12H11Cl2N5. The highest BCUT2D eigenvalue weighted by atomic mass is 35.5. The quantitative estimate of drug-likeness (QED) is 0.751. The van der Waals surface area contributed by atoms with Gasteiger partial charge in [0.1, 0.15) is 11.5 Å². The molecule has 3 rings (SSSR count). The molecule has 0 aromatic carbocycles. The molecule has 0 fully saturated rings. The van der Waals surface area contributed by atoms with Crippen LogP contribution in [0.15, 0.2) is 18.5 Å². The van der Waals surface area contributed by atoms with Gasteiger partial charge in [-0.1, -0.05) is 23.2 Å². The fraction of sp³-hybridized carbons (Fsp3) is 0.167. The second-order valence-electron chi connectivity index (χ2n) is 4.35. The van der Waals surface area contributed by atoms with Crippen LogP contribution in [0.3, 0.4) is 0 Å². The average molecular weight is 296 g/mol. The lowest BCUT2D eigenvalue weighted by Gasteiger charge is -1.99. The Hall–Kier alpha value is -1.72. The summed E-state index contributed by atoms with van der Waals surface area (Å²) in [5.41, 5.74) is 9.13. The van der Waals surface area contributed by atoms with E-state index in [0.717, 1.165) is 11.3 Å². The van der Waals surface area contributed by atoms with E-state index in [1.165, 1.54) is 0 Å². The van der Waals surface area contributed by atoms with Crippen molar-refractivity contribution in [1.82, 2.24) is 19.2 Å². The second-order valence-corrected chi connectivity index (χ2v) is 5.19. The second kappa shape index (κ2) is 4.15. The minimum Gasteiger partial charge on any atom is -0.383 e. The number of nitrogens with zero attached hydrogens (tertiary/aromatic N) is 4. The van der Waals surface area contributed by atoms with Gasteiger partial charge in [0.15, 0.2) is 5.65 Å². The van der Waals surface area contributed by atoms with Crippen LogP contribution in [-0.4, -0.2) is 19.2 Å². The SMILES string of the molecule is Cc1nn(C)cc1-c1nc2c(Cl)cc(Cl)cn2c1N. The number of hydrogen-bond donors (Lipinski definition) is 1. The summed E-state index contributed by atoms with van der Waals surface area (Å²) in [6.07, 6.45) is 3.57. The van der Waals surface area contributed by atoms with Gasteiger partial charge in [-0.15, -0.1) is 0 Å². The third kappa shape index (κ3) is 1.86. The monoisotopic (exact) mass is 295 g/mol. The van der Waals surface area contributed by atoms with Gasteiger partial charge < -0.3 is 5.73 Å². The summed E-state index contributed by atoms with van der Waals surface area (Å²) >= 11 is 12.1. The van der Waals surface area contributed by atoms with Crippen molar-refractivity contribution in [2.75, 3.05) is 5.73 Å². The molecule has 3 heterocycles. The average Bonchev–Trinajstić information content (AvgIpc) is 2.81. The third-order valence-corrected chi connectivity index (χ3v) is 3.43. The topological polar surface area (TPSA) is 61.1 Å². The van der Waals surface area contributed by atoms with Crippen molar-refractivity contribution in [3.63, 3.8) is 0 Å². The highest BCUT2D eigenvalue weighted by Gasteiger charge is 2.17. The van der Waals surface area contributed by atoms with E-state index >= 15 is 0 Å². The minimum atomic E-state index is 0.465. The summed E-state index contributed by atoms with van der Waals surface area (Å²) < 4.78 is 3.41. The first-order chi connectivity index (χ1) is 8.97. The molecule has 0 amide bonds. The molecule has 5 nitrogen and oxygen atoms in total. The zero-order valence-corrected chi connectivity index (χ0v) is 11.9. The molecule has 0 aliphatic carbocycles. The standard InChI is InChI=1S/C12H11Cl2N5/c1-6-8(5-18(2)17-6)10-11(15)19-4-7(13)3-9(14)12(19)16-10/h3-5H,15H2,1-2H3. The normalized spacial score (nSPS) is 11.4. The van der Waals surface area contributed by atoms with E-state index in [1.807, 2.05) is 20.2 Å². The lowest BCUT2D eigenvalue weighted by Crippen LogP contribution is -1.94. The van der Waals surface area contributed by atoms with Gasteiger partial charge in [-0.25, -0.2) is 4.98 Å². The fourth-order valence-corrected chi connectivity index (χ4v) is 2.63. The van der Waals surface area contributed by atoms with Gasteiger partial charge in [0.25, 0.3) is 0 Å². The number of anilines is 1. The van der Waals surface area contributed by atoms with Crippen LogP contribution in [0.5, 0.6) is 0 Å². The van der Waals surface area contributed by atoms with E-state index in [9.17, 15) is 0 Å². The fourth-order valence-electron chi connectivity index (χ4n) is 2.12. The van der Waals surface area contributed by atoms with Crippen LogP contribution in [0, 0.1) is 6.92 Å². The summed E-state index contributed by atoms with van der Waals surface area (Å²) in [6, 6.07) is 1.64. The Bertz CT molecular complexity index is 787. The van der Waals surface area contributed by atoms with Gasteiger partial charge in [-0.05, 0) is 13.0 Å². The summed E-state index contributed by atoms with van der Waals surface area (Å²) in [4.78, 5) is 4.49. The van der Waals surface area contributed by atoms with Crippen molar-refractivity contribution in [2.24, 2.45) is 7.05 Å². The molecule has 0 aliphatic heterocycles. The number of imidazole rings is 1. The van der Waals surface area contributed by atoms with Crippen LogP contribution in [0.25, 0.3) is 16.9 Å². The highest BCUT2D eigenvalue weighted by Crippen LogP contribution is 2.32. The lowest BCUT2D eigenvalue weighted by molar-refractivity contribution is 0.756. The molecule has 98 valence electrons. The predicted molar refractivity (Wildman–Crippen MR) is 76.6 cm³/mol. The molecule has 0 aliphatic rings. The van der Waals surface area contributed by atoms with Crippen LogP contribution in [0.4, 0.5) is 5.82 Å². The van der Waals surface area contributed by atoms with Crippen LogP contribution in [0.1, 0.15) is 5.69 Å². The van der Waals surface area contributed by atoms with Crippen LogP contribution >= 0.6 is 23.2 Å². The largest absolute Gasteiger partial charge is 0.383 e. The Morgan fingerprint density at radius 3 is 2.63 bits per heavy atom. The number of aryl methyl sites for hydroxylation is 2. The first-order valence-corrected chi connectivity index (χ1v) is 6.36. The Balaban J connectivity index is 2.34. The predicted octanol–water partition coefficient (Wildman–Crippen LogP) is 2.93. The molecule has 0 atom stereocenters. The van der Waals surface area contributed by atoms with E-state index in [-0.39, 0.29) is 0 Å². The van der Waals surface area contributed by atoms with E-state index in [2.05, 4.69) is 10.1 Å². The molecule has 0 bridgehead atoms. The first-order valence-electron chi connectivity index (χ1n) is 5.60. The number of fused-ring (bicyclic) bond motifs is 1. The lowest BCUT2D eigenvalue weighted by atomic mass is 10.2. The molecule has 3 aromatic heterocycles. The summed E-state index contributed by atoms with van der Waals surface area (Å²) in [6.45, 7) is 1.91. The van der Waals surface area contributed by atoms with Crippen molar-refractivity contribution in [3.8, 4) is 11.3 Å². The van der Waals surface area contributed by atoms with Crippen molar-refractivity contribution in [2.45, 2.75) is 6.92 Å². The van der Waals surface area contributed by atoms with E-state index in [4.69, 9.17) is 28.9 Å². The Labute approximate surface area is 119 Å². The molecule has 0 saturated carbocycles. The number of halogens is 2. The molecule has 2 N–H and O–H groups in total. The van der Waals surface area contributed by atoms with E-state index in [0.29, 0.717) is 27.2 Å². The first kappa shape index (κ1) is 12.3. The molecule has 19 heavy (non-hydrogen) atoms. The molecule has 0 spiro atoms. The van der Waals surface area contributed by atoms with Crippen LogP contribution < -0.4 is 5.73 Å². The van der Waals surface area contributed by atoms with E-state index in [1.54, 1.807) is 21.3 Å². The Morgan fingerprint density at radius 2 is 2.00 bits per heavy atom. The van der Waals surface area contributed by atoms with Gasteiger partial charge in [0.2, 0.25) is 0 Å². The molecule has 0 unspecified atom stereocenters. The van der Waals surface area contributed by atoms with Gasteiger partial charge in [0, 0.05) is 25.0 Å². The Kier molecular flexibility index (Phi) is 2.69. The maximum absolute atomic E-state index is 6.14. The highest BCUT2D eigenvalue weighted by molar-refractivity contribution is 6.36. The molecule has 7 heteroatoms. The number of rotatable bonds is 1. The van der Waals surface area contributed by atoms with Crippen molar-refractivity contribution in [1.29, 1.82) is 0 Å². The summed E-state index contributed by atoms with van der Waals surface area (Å²) in [5.74, 6) is 0.496. The zero-order valence-electron chi connectivity index (χ0n) is 10.4. The smallest absolute Gasteiger partial charge is 0.158 e. The number of hydrogen-bond acceptors (Lipinski definition) is 3. The molecular weight excluding hydrogens is 285 g/mol. The number of pyridine rings is 1. The van der Waals surface area contributed by atoms with Crippen molar-refractivity contribution >= 4 is 34.7 Å². The van der Waals surface area contributed by atoms with E-state index < -0.39 is 0 Å². The molecule has 3 aromatic rings. The maximum Gasteiger partial charge on any atom is 0.158 e. The zero-order chi connectivity index (χ0) is 13.7. The van der Waals surface area contributed by atoms with Gasteiger partial charge in [0.05, 0.1) is 15.7 Å².